The fourth-order valence-corrected chi connectivity index (χ4v) is 6.20. The molecule has 0 heterocycles. The zero-order valence-corrected chi connectivity index (χ0v) is 18.9. The Kier molecular flexibility index (Phi) is 10.8. The van der Waals surface area contributed by atoms with E-state index < -0.39 is 8.32 Å². The molecule has 0 bridgehead atoms. The van der Waals surface area contributed by atoms with E-state index in [0.29, 0.717) is 19.6 Å². The van der Waals surface area contributed by atoms with E-state index in [0.717, 1.165) is 23.7 Å². The lowest BCUT2D eigenvalue weighted by Crippen LogP contribution is -2.46. The van der Waals surface area contributed by atoms with Gasteiger partial charge in [0.15, 0.2) is 8.32 Å². The molecule has 0 unspecified atom stereocenters. The Labute approximate surface area is 166 Å². The summed E-state index contributed by atoms with van der Waals surface area (Å²) in [6.07, 6.45) is 0.545. The average molecular weight is 396 g/mol. The summed E-state index contributed by atoms with van der Waals surface area (Å²) in [6, 6.07) is 13.3. The Morgan fingerprint density at radius 2 is 1.70 bits per heavy atom. The maximum absolute atomic E-state index is 12.6. The van der Waals surface area contributed by atoms with E-state index in [1.165, 1.54) is 12.2 Å². The summed E-state index contributed by atoms with van der Waals surface area (Å²) in [5.74, 6) is -0.330. The monoisotopic (exact) mass is 395 g/mol. The molecule has 0 N–H and O–H groups in total. The SMILES string of the molecule is CC[Si](CC)(CC)O[C@@H](CCOCc1ccccc1)[C@@H](C)C(=O)N(C)OC. The summed E-state index contributed by atoms with van der Waals surface area (Å²) < 4.78 is 12.5. The Bertz CT molecular complexity index is 528. The van der Waals surface area contributed by atoms with Gasteiger partial charge < -0.3 is 9.16 Å². The number of rotatable bonds is 13. The molecule has 0 saturated heterocycles. The highest BCUT2D eigenvalue weighted by Gasteiger charge is 2.36. The highest BCUT2D eigenvalue weighted by Crippen LogP contribution is 2.28. The summed E-state index contributed by atoms with van der Waals surface area (Å²) in [4.78, 5) is 17.7. The Morgan fingerprint density at radius 1 is 1.11 bits per heavy atom. The predicted molar refractivity (Wildman–Crippen MR) is 112 cm³/mol. The number of carbonyl (C=O) groups excluding carboxylic acids is 1. The van der Waals surface area contributed by atoms with Gasteiger partial charge in [0.25, 0.3) is 5.91 Å². The van der Waals surface area contributed by atoms with E-state index in [2.05, 4.69) is 32.9 Å². The van der Waals surface area contributed by atoms with Crippen LogP contribution in [0.5, 0.6) is 0 Å². The second-order valence-electron chi connectivity index (χ2n) is 7.03. The van der Waals surface area contributed by atoms with Crippen molar-refractivity contribution < 1.29 is 18.8 Å². The third kappa shape index (κ3) is 7.37. The van der Waals surface area contributed by atoms with Crippen LogP contribution in [0.4, 0.5) is 0 Å². The topological polar surface area (TPSA) is 48.0 Å². The number of hydrogen-bond donors (Lipinski definition) is 0. The highest BCUT2D eigenvalue weighted by atomic mass is 28.4. The van der Waals surface area contributed by atoms with E-state index in [1.807, 2.05) is 25.1 Å². The van der Waals surface area contributed by atoms with E-state index >= 15 is 0 Å². The number of hydrogen-bond acceptors (Lipinski definition) is 4. The van der Waals surface area contributed by atoms with Crippen LogP contribution < -0.4 is 0 Å². The molecule has 1 aromatic rings. The van der Waals surface area contributed by atoms with Crippen LogP contribution in [0.3, 0.4) is 0 Å². The van der Waals surface area contributed by atoms with Gasteiger partial charge in [0.2, 0.25) is 0 Å². The van der Waals surface area contributed by atoms with Gasteiger partial charge in [-0.15, -0.1) is 0 Å². The first kappa shape index (κ1) is 23.8. The van der Waals surface area contributed by atoms with Crippen molar-refractivity contribution in [3.8, 4) is 0 Å². The van der Waals surface area contributed by atoms with Crippen LogP contribution in [0.25, 0.3) is 0 Å². The van der Waals surface area contributed by atoms with Crippen LogP contribution >= 0.6 is 0 Å². The number of hydroxylamine groups is 2. The van der Waals surface area contributed by atoms with Crippen molar-refractivity contribution in [2.75, 3.05) is 20.8 Å². The van der Waals surface area contributed by atoms with Crippen molar-refractivity contribution in [1.82, 2.24) is 5.06 Å². The van der Waals surface area contributed by atoms with E-state index in [9.17, 15) is 4.79 Å². The molecule has 5 nitrogen and oxygen atoms in total. The third-order valence-electron chi connectivity index (χ3n) is 5.52. The molecule has 0 aliphatic rings. The van der Waals surface area contributed by atoms with Gasteiger partial charge in [-0.3, -0.25) is 9.63 Å². The molecule has 0 aliphatic carbocycles. The van der Waals surface area contributed by atoms with Crippen molar-refractivity contribution in [3.05, 3.63) is 35.9 Å². The number of benzene rings is 1. The summed E-state index contributed by atoms with van der Waals surface area (Å²) in [5.41, 5.74) is 1.15. The van der Waals surface area contributed by atoms with Gasteiger partial charge in [-0.05, 0) is 30.1 Å². The maximum Gasteiger partial charge on any atom is 0.251 e. The lowest BCUT2D eigenvalue weighted by Gasteiger charge is -2.36. The lowest BCUT2D eigenvalue weighted by atomic mass is 10.0. The van der Waals surface area contributed by atoms with Crippen molar-refractivity contribution in [2.24, 2.45) is 5.92 Å². The van der Waals surface area contributed by atoms with Crippen LogP contribution in [0, 0.1) is 5.92 Å². The van der Waals surface area contributed by atoms with E-state index in [4.69, 9.17) is 14.0 Å². The van der Waals surface area contributed by atoms with Gasteiger partial charge in [0.05, 0.1) is 25.7 Å². The second kappa shape index (κ2) is 12.3. The molecule has 0 aliphatic heterocycles. The first-order chi connectivity index (χ1) is 12.9. The Balaban J connectivity index is 2.75. The van der Waals surface area contributed by atoms with Gasteiger partial charge in [0, 0.05) is 13.7 Å². The molecule has 1 aromatic carbocycles. The molecule has 6 heteroatoms. The molecule has 2 atom stereocenters. The number of nitrogens with zero attached hydrogens (tertiary/aromatic N) is 1. The van der Waals surface area contributed by atoms with E-state index in [1.54, 1.807) is 7.05 Å². The van der Waals surface area contributed by atoms with Crippen LogP contribution in [0.2, 0.25) is 18.1 Å². The summed E-state index contributed by atoms with van der Waals surface area (Å²) in [6.45, 7) is 9.68. The van der Waals surface area contributed by atoms with Crippen LogP contribution in [0.1, 0.15) is 39.7 Å². The highest BCUT2D eigenvalue weighted by molar-refractivity contribution is 6.73. The molecule has 0 fully saturated rings. The standard InChI is InChI=1S/C21H37NO4Si/c1-7-27(8-2,9-3)26-20(18(4)21(23)22(5)24-6)15-16-25-17-19-13-11-10-12-14-19/h10-14,18,20H,7-9,15-17H2,1-6H3/t18-,20+/m1/s1. The van der Waals surface area contributed by atoms with Gasteiger partial charge in [-0.2, -0.15) is 0 Å². The van der Waals surface area contributed by atoms with Gasteiger partial charge in [0.1, 0.15) is 0 Å². The van der Waals surface area contributed by atoms with Crippen molar-refractivity contribution in [1.29, 1.82) is 0 Å². The summed E-state index contributed by atoms with van der Waals surface area (Å²) in [7, 11) is 1.33. The van der Waals surface area contributed by atoms with Gasteiger partial charge >= 0.3 is 0 Å². The molecule has 0 saturated carbocycles. The summed E-state index contributed by atoms with van der Waals surface area (Å²) >= 11 is 0. The number of ether oxygens (including phenoxy) is 1. The zero-order chi connectivity index (χ0) is 20.3. The smallest absolute Gasteiger partial charge is 0.251 e. The minimum Gasteiger partial charge on any atom is -0.413 e. The van der Waals surface area contributed by atoms with Gasteiger partial charge in [-0.1, -0.05) is 58.0 Å². The van der Waals surface area contributed by atoms with Crippen LogP contribution in [-0.2, 0) is 25.4 Å². The number of amides is 1. The van der Waals surface area contributed by atoms with Crippen LogP contribution in [-0.4, -0.2) is 46.2 Å². The maximum atomic E-state index is 12.6. The van der Waals surface area contributed by atoms with Gasteiger partial charge in [-0.25, -0.2) is 5.06 Å². The fourth-order valence-electron chi connectivity index (χ4n) is 3.23. The molecule has 0 spiro atoms. The molecule has 0 radical (unpaired) electrons. The normalized spacial score (nSPS) is 14.0. The largest absolute Gasteiger partial charge is 0.413 e. The van der Waals surface area contributed by atoms with Crippen molar-refractivity contribution >= 4 is 14.2 Å². The van der Waals surface area contributed by atoms with Crippen molar-refractivity contribution in [3.63, 3.8) is 0 Å². The first-order valence-electron chi connectivity index (χ1n) is 10.0. The molecular weight excluding hydrogens is 358 g/mol. The quantitative estimate of drug-likeness (QED) is 0.277. The fraction of sp³-hybridized carbons (Fsp3) is 0.667. The molecule has 154 valence electrons. The van der Waals surface area contributed by atoms with E-state index in [-0.39, 0.29) is 17.9 Å². The third-order valence-corrected chi connectivity index (χ3v) is 10.2. The Morgan fingerprint density at radius 3 is 2.22 bits per heavy atom. The van der Waals surface area contributed by atoms with Crippen molar-refractivity contribution in [2.45, 2.75) is 65.0 Å². The Hall–Kier alpha value is -1.21. The first-order valence-corrected chi connectivity index (χ1v) is 12.6. The minimum atomic E-state index is -1.83. The molecule has 0 aromatic heterocycles. The summed E-state index contributed by atoms with van der Waals surface area (Å²) in [5, 5.41) is 1.29. The molecule has 27 heavy (non-hydrogen) atoms. The molecule has 1 amide bonds. The lowest BCUT2D eigenvalue weighted by molar-refractivity contribution is -0.176. The molecule has 1 rings (SSSR count). The number of carbonyl (C=O) groups is 1. The molecular formula is C21H37NO4Si. The predicted octanol–water partition coefficient (Wildman–Crippen LogP) is 4.64. The minimum absolute atomic E-state index is 0.0585. The van der Waals surface area contributed by atoms with Crippen LogP contribution in [0.15, 0.2) is 30.3 Å². The second-order valence-corrected chi connectivity index (χ2v) is 11.8. The average Bonchev–Trinajstić information content (AvgIpc) is 2.72. The zero-order valence-electron chi connectivity index (χ0n) is 17.9.